The van der Waals surface area contributed by atoms with Gasteiger partial charge in [-0.3, -0.25) is 4.55 Å². The molecule has 0 aromatic heterocycles. The van der Waals surface area contributed by atoms with E-state index >= 15 is 0 Å². The molecule has 118 valence electrons. The number of rotatable bonds is 3. The summed E-state index contributed by atoms with van der Waals surface area (Å²) in [4.78, 5) is 0. The molecule has 2 aliphatic rings. The van der Waals surface area contributed by atoms with Crippen LogP contribution in [0.2, 0.25) is 0 Å². The van der Waals surface area contributed by atoms with Crippen LogP contribution in [-0.2, 0) is 20.1 Å². The molecule has 2 unspecified atom stereocenters. The first-order valence-corrected chi connectivity index (χ1v) is 9.30. The third-order valence-corrected chi connectivity index (χ3v) is 7.67. The Bertz CT molecular complexity index is 574. The highest BCUT2D eigenvalue weighted by Gasteiger charge is 2.60. The second kappa shape index (κ2) is 5.15. The summed E-state index contributed by atoms with van der Waals surface area (Å²) in [5.41, 5.74) is 0. The number of halogens is 2. The van der Waals surface area contributed by atoms with Gasteiger partial charge in [0.05, 0.1) is 0 Å². The number of piperidine rings is 1. The lowest BCUT2D eigenvalue weighted by molar-refractivity contribution is 0.115. The number of nitrogens with zero attached hydrogens (tertiary/aromatic N) is 1. The molecule has 1 aliphatic carbocycles. The maximum absolute atomic E-state index is 13.4. The molecule has 1 saturated carbocycles. The van der Waals surface area contributed by atoms with Crippen LogP contribution >= 0.6 is 0 Å². The first-order valence-electron chi connectivity index (χ1n) is 6.42. The van der Waals surface area contributed by atoms with Crippen molar-refractivity contribution < 1.29 is 30.2 Å². The maximum atomic E-state index is 13.4. The highest BCUT2D eigenvalue weighted by Crippen LogP contribution is 2.39. The van der Waals surface area contributed by atoms with Gasteiger partial charge in [0.25, 0.3) is 10.0 Å². The van der Waals surface area contributed by atoms with Gasteiger partial charge in [0.15, 0.2) is 0 Å². The quantitative estimate of drug-likeness (QED) is 0.785. The van der Waals surface area contributed by atoms with Crippen LogP contribution in [0, 0.1) is 11.8 Å². The zero-order valence-corrected chi connectivity index (χ0v) is 12.3. The predicted molar refractivity (Wildman–Crippen MR) is 67.1 cm³/mol. The molecular formula is C10H17F2NO5S2. The molecule has 1 saturated heterocycles. The third-order valence-electron chi connectivity index (χ3n) is 4.19. The number of fused-ring (bicyclic) bond motifs is 1. The Balaban J connectivity index is 2.23. The Morgan fingerprint density at radius 2 is 1.55 bits per heavy atom. The molecule has 6 nitrogen and oxygen atoms in total. The minimum absolute atomic E-state index is 0.00975. The molecule has 0 bridgehead atoms. The molecule has 0 spiro atoms. The molecule has 1 N–H and O–H groups in total. The lowest BCUT2D eigenvalue weighted by atomic mass is 9.76. The summed E-state index contributed by atoms with van der Waals surface area (Å²) in [6, 6.07) is 0. The average Bonchev–Trinajstić information content (AvgIpc) is 2.36. The summed E-state index contributed by atoms with van der Waals surface area (Å²) < 4.78 is 75.5. The largest absolute Gasteiger partial charge is 0.484 e. The first-order chi connectivity index (χ1) is 9.07. The zero-order valence-electron chi connectivity index (χ0n) is 10.7. The second-order valence-electron chi connectivity index (χ2n) is 5.39. The van der Waals surface area contributed by atoms with E-state index in [2.05, 4.69) is 0 Å². The smallest absolute Gasteiger partial charge is 0.280 e. The van der Waals surface area contributed by atoms with E-state index in [9.17, 15) is 25.6 Å². The number of sulfonamides is 1. The van der Waals surface area contributed by atoms with E-state index in [0.29, 0.717) is 16.6 Å². The Morgan fingerprint density at radius 1 is 1.00 bits per heavy atom. The van der Waals surface area contributed by atoms with Crippen molar-refractivity contribution in [3.8, 4) is 0 Å². The standard InChI is InChI=1S/C10H17F2NO5S2/c11-10(12,20(16,17)18)19(14,15)13-6-5-8-3-1-2-4-9(8)7-13/h8-9H,1-7H2,(H,16,17,18). The summed E-state index contributed by atoms with van der Waals surface area (Å²) in [5.74, 6) is 0.305. The van der Waals surface area contributed by atoms with E-state index in [1.54, 1.807) is 0 Å². The van der Waals surface area contributed by atoms with Gasteiger partial charge in [0, 0.05) is 13.1 Å². The molecule has 20 heavy (non-hydrogen) atoms. The highest BCUT2D eigenvalue weighted by atomic mass is 32.3. The van der Waals surface area contributed by atoms with Crippen molar-refractivity contribution in [3.63, 3.8) is 0 Å². The Morgan fingerprint density at radius 3 is 2.10 bits per heavy atom. The molecular weight excluding hydrogens is 316 g/mol. The lowest BCUT2D eigenvalue weighted by Crippen LogP contribution is -2.52. The molecule has 0 amide bonds. The maximum Gasteiger partial charge on any atom is 0.484 e. The van der Waals surface area contributed by atoms with Crippen LogP contribution in [0.1, 0.15) is 32.1 Å². The van der Waals surface area contributed by atoms with E-state index in [1.807, 2.05) is 0 Å². The van der Waals surface area contributed by atoms with Crippen LogP contribution in [0.15, 0.2) is 0 Å². The molecule has 2 fully saturated rings. The summed E-state index contributed by atoms with van der Waals surface area (Å²) in [6.07, 6.45) is 4.13. The molecule has 0 aromatic rings. The fourth-order valence-corrected chi connectivity index (χ4v) is 5.48. The fourth-order valence-electron chi connectivity index (χ4n) is 3.07. The van der Waals surface area contributed by atoms with Crippen molar-refractivity contribution in [3.05, 3.63) is 0 Å². The van der Waals surface area contributed by atoms with Crippen molar-refractivity contribution in [1.82, 2.24) is 4.31 Å². The van der Waals surface area contributed by atoms with Gasteiger partial charge in [-0.25, -0.2) is 8.42 Å². The van der Waals surface area contributed by atoms with E-state index < -0.39 is 24.7 Å². The van der Waals surface area contributed by atoms with Crippen molar-refractivity contribution >= 4 is 20.1 Å². The fraction of sp³-hybridized carbons (Fsp3) is 1.00. The van der Waals surface area contributed by atoms with Gasteiger partial charge in [-0.2, -0.15) is 21.5 Å². The van der Waals surface area contributed by atoms with Crippen LogP contribution < -0.4 is 0 Å². The normalized spacial score (nSPS) is 29.9. The third kappa shape index (κ3) is 2.58. The van der Waals surface area contributed by atoms with Gasteiger partial charge in [0.1, 0.15) is 0 Å². The SMILES string of the molecule is O=S(=O)(O)C(F)(F)S(=O)(=O)N1CCC2CCCCC2C1. The molecule has 0 radical (unpaired) electrons. The summed E-state index contributed by atoms with van der Waals surface area (Å²) in [7, 11) is -11.4. The summed E-state index contributed by atoms with van der Waals surface area (Å²) in [6.45, 7) is -0.229. The van der Waals surface area contributed by atoms with Crippen LogP contribution in [0.5, 0.6) is 0 Å². The van der Waals surface area contributed by atoms with Gasteiger partial charge < -0.3 is 0 Å². The van der Waals surface area contributed by atoms with Crippen LogP contribution in [0.4, 0.5) is 8.78 Å². The lowest BCUT2D eigenvalue weighted by Gasteiger charge is -2.41. The highest BCUT2D eigenvalue weighted by molar-refractivity contribution is 8.06. The van der Waals surface area contributed by atoms with Crippen LogP contribution in [0.3, 0.4) is 0 Å². The molecule has 0 aromatic carbocycles. The number of hydrogen-bond donors (Lipinski definition) is 1. The minimum atomic E-state index is -6.00. The van der Waals surface area contributed by atoms with E-state index in [0.717, 1.165) is 25.7 Å². The van der Waals surface area contributed by atoms with Crippen molar-refractivity contribution in [2.75, 3.05) is 13.1 Å². The minimum Gasteiger partial charge on any atom is -0.280 e. The van der Waals surface area contributed by atoms with Gasteiger partial charge in [-0.1, -0.05) is 19.3 Å². The van der Waals surface area contributed by atoms with Gasteiger partial charge in [-0.05, 0) is 24.7 Å². The molecule has 1 heterocycles. The Hall–Kier alpha value is -0.320. The second-order valence-corrected chi connectivity index (χ2v) is 9.10. The predicted octanol–water partition coefficient (Wildman–Crippen LogP) is 1.27. The number of hydrogen-bond acceptors (Lipinski definition) is 4. The topological polar surface area (TPSA) is 91.7 Å². The van der Waals surface area contributed by atoms with Gasteiger partial charge in [-0.15, -0.1) is 0 Å². The van der Waals surface area contributed by atoms with Crippen LogP contribution in [0.25, 0.3) is 0 Å². The average molecular weight is 333 g/mol. The molecule has 1 aliphatic heterocycles. The van der Waals surface area contributed by atoms with Crippen molar-refractivity contribution in [2.45, 2.75) is 36.7 Å². The molecule has 2 atom stereocenters. The van der Waals surface area contributed by atoms with Gasteiger partial charge in [0.2, 0.25) is 0 Å². The number of alkyl halides is 2. The Labute approximate surface area is 116 Å². The van der Waals surface area contributed by atoms with Crippen molar-refractivity contribution in [1.29, 1.82) is 0 Å². The molecule has 10 heteroatoms. The Kier molecular flexibility index (Phi) is 4.13. The summed E-state index contributed by atoms with van der Waals surface area (Å²) >= 11 is 0. The monoisotopic (exact) mass is 333 g/mol. The van der Waals surface area contributed by atoms with E-state index in [-0.39, 0.29) is 19.0 Å². The van der Waals surface area contributed by atoms with E-state index in [4.69, 9.17) is 4.55 Å². The van der Waals surface area contributed by atoms with Crippen LogP contribution in [-0.4, -0.2) is 43.4 Å². The van der Waals surface area contributed by atoms with E-state index in [1.165, 1.54) is 0 Å². The first kappa shape index (κ1) is 16.1. The zero-order chi connectivity index (χ0) is 15.2. The van der Waals surface area contributed by atoms with Gasteiger partial charge >= 0.3 is 14.7 Å². The summed E-state index contributed by atoms with van der Waals surface area (Å²) in [5, 5.41) is 0. The van der Waals surface area contributed by atoms with Crippen molar-refractivity contribution in [2.24, 2.45) is 11.8 Å². The molecule has 2 rings (SSSR count).